The molecule has 0 saturated carbocycles. The van der Waals surface area contributed by atoms with Crippen molar-refractivity contribution >= 4 is 11.9 Å². The van der Waals surface area contributed by atoms with E-state index in [1.54, 1.807) is 4.90 Å². The number of carbonyl (C=O) groups excluding carboxylic acids is 2. The largest absolute Gasteiger partial charge is 0.382 e. The molecule has 0 radical (unpaired) electrons. The fourth-order valence-corrected chi connectivity index (χ4v) is 1.28. The first-order chi connectivity index (χ1) is 7.11. The van der Waals surface area contributed by atoms with Crippen LogP contribution in [0.2, 0.25) is 0 Å². The summed E-state index contributed by atoms with van der Waals surface area (Å²) in [6.45, 7) is 2.56. The number of nitrogens with one attached hydrogen (secondary N) is 2. The minimum atomic E-state index is -1.17. The van der Waals surface area contributed by atoms with E-state index in [4.69, 9.17) is 10.8 Å². The van der Waals surface area contributed by atoms with Gasteiger partial charge in [0.25, 0.3) is 0 Å². The highest BCUT2D eigenvalue weighted by Crippen LogP contribution is 1.94. The van der Waals surface area contributed by atoms with Crippen molar-refractivity contribution in [2.45, 2.75) is 6.10 Å². The van der Waals surface area contributed by atoms with Gasteiger partial charge < -0.3 is 26.4 Å². The maximum absolute atomic E-state index is 11.1. The van der Waals surface area contributed by atoms with Gasteiger partial charge in [-0.2, -0.15) is 0 Å². The average molecular weight is 216 g/mol. The number of aliphatic hydroxyl groups is 1. The van der Waals surface area contributed by atoms with E-state index in [9.17, 15) is 9.59 Å². The maximum Gasteiger partial charge on any atom is 0.317 e. The number of nitrogens with zero attached hydrogens (tertiary/aromatic N) is 1. The Hall–Kier alpha value is -1.34. The van der Waals surface area contributed by atoms with Crippen LogP contribution in [0.5, 0.6) is 0 Å². The van der Waals surface area contributed by atoms with Crippen LogP contribution < -0.4 is 16.4 Å². The maximum atomic E-state index is 11.1. The molecule has 1 rings (SSSR count). The lowest BCUT2D eigenvalue weighted by Gasteiger charge is -2.14. The summed E-state index contributed by atoms with van der Waals surface area (Å²) in [6.07, 6.45) is -1.17. The average Bonchev–Trinajstić information content (AvgIpc) is 2.58. The lowest BCUT2D eigenvalue weighted by molar-refractivity contribution is -0.125. The fourth-order valence-electron chi connectivity index (χ4n) is 1.28. The topological polar surface area (TPSA) is 108 Å². The summed E-state index contributed by atoms with van der Waals surface area (Å²) >= 11 is 0. The van der Waals surface area contributed by atoms with Crippen molar-refractivity contribution in [3.8, 4) is 0 Å². The van der Waals surface area contributed by atoms with Crippen LogP contribution in [0.1, 0.15) is 0 Å². The van der Waals surface area contributed by atoms with Crippen LogP contribution in [-0.4, -0.2) is 60.8 Å². The number of urea groups is 1. The van der Waals surface area contributed by atoms with Gasteiger partial charge in [-0.1, -0.05) is 0 Å². The Balaban J connectivity index is 2.06. The van der Waals surface area contributed by atoms with Crippen molar-refractivity contribution < 1.29 is 14.7 Å². The summed E-state index contributed by atoms with van der Waals surface area (Å²) in [7, 11) is 0. The highest BCUT2D eigenvalue weighted by molar-refractivity contribution is 5.78. The second-order valence-electron chi connectivity index (χ2n) is 3.34. The molecule has 0 aromatic rings. The minimum Gasteiger partial charge on any atom is -0.382 e. The number of rotatable bonds is 6. The molecule has 1 aliphatic rings. The molecule has 1 atom stereocenters. The Bertz CT molecular complexity index is 246. The smallest absolute Gasteiger partial charge is 0.317 e. The van der Waals surface area contributed by atoms with Crippen molar-refractivity contribution in [1.29, 1.82) is 0 Å². The van der Waals surface area contributed by atoms with Crippen molar-refractivity contribution in [2.24, 2.45) is 5.73 Å². The van der Waals surface area contributed by atoms with Gasteiger partial charge in [-0.05, 0) is 0 Å². The SMILES string of the molecule is NC(=O)C(O)CNCCN1CCNC1=O. The van der Waals surface area contributed by atoms with Gasteiger partial charge in [0, 0.05) is 32.7 Å². The van der Waals surface area contributed by atoms with E-state index in [2.05, 4.69) is 10.6 Å². The van der Waals surface area contributed by atoms with Gasteiger partial charge in [0.1, 0.15) is 6.10 Å². The molecule has 0 aromatic carbocycles. The Morgan fingerprint density at radius 1 is 1.73 bits per heavy atom. The second-order valence-corrected chi connectivity index (χ2v) is 3.34. The van der Waals surface area contributed by atoms with Gasteiger partial charge in [-0.3, -0.25) is 4.79 Å². The first-order valence-electron chi connectivity index (χ1n) is 4.82. The van der Waals surface area contributed by atoms with Crippen LogP contribution in [0.3, 0.4) is 0 Å². The molecule has 0 aromatic heterocycles. The summed E-state index contributed by atoms with van der Waals surface area (Å²) in [5, 5.41) is 14.6. The van der Waals surface area contributed by atoms with Crippen molar-refractivity contribution in [1.82, 2.24) is 15.5 Å². The number of carbonyl (C=O) groups is 2. The molecule has 1 heterocycles. The summed E-state index contributed by atoms with van der Waals surface area (Å²) in [5.41, 5.74) is 4.86. The first-order valence-corrected chi connectivity index (χ1v) is 4.82. The van der Waals surface area contributed by atoms with E-state index in [1.807, 2.05) is 0 Å². The first kappa shape index (κ1) is 11.7. The Labute approximate surface area is 87.6 Å². The third kappa shape index (κ3) is 3.72. The van der Waals surface area contributed by atoms with Crippen molar-refractivity contribution in [2.75, 3.05) is 32.7 Å². The number of primary amides is 1. The van der Waals surface area contributed by atoms with E-state index in [0.717, 1.165) is 0 Å². The predicted octanol–water partition coefficient (Wildman–Crippen LogP) is -2.55. The molecule has 0 spiro atoms. The van der Waals surface area contributed by atoms with Gasteiger partial charge >= 0.3 is 6.03 Å². The number of nitrogens with two attached hydrogens (primary N) is 1. The molecule has 0 aliphatic carbocycles. The number of aliphatic hydroxyl groups excluding tert-OH is 1. The third-order valence-corrected chi connectivity index (χ3v) is 2.17. The van der Waals surface area contributed by atoms with Crippen LogP contribution in [0.25, 0.3) is 0 Å². The molecule has 1 unspecified atom stereocenters. The fraction of sp³-hybridized carbons (Fsp3) is 0.750. The quantitative estimate of drug-likeness (QED) is 0.366. The predicted molar refractivity (Wildman–Crippen MR) is 53.0 cm³/mol. The molecule has 0 bridgehead atoms. The van der Waals surface area contributed by atoms with E-state index in [1.165, 1.54) is 0 Å². The zero-order valence-corrected chi connectivity index (χ0v) is 8.40. The van der Waals surface area contributed by atoms with Crippen molar-refractivity contribution in [3.63, 3.8) is 0 Å². The van der Waals surface area contributed by atoms with Crippen LogP contribution in [0.15, 0.2) is 0 Å². The van der Waals surface area contributed by atoms with Gasteiger partial charge in [0.15, 0.2) is 0 Å². The highest BCUT2D eigenvalue weighted by Gasteiger charge is 2.18. The third-order valence-electron chi connectivity index (χ3n) is 2.17. The normalized spacial score (nSPS) is 17.7. The van der Waals surface area contributed by atoms with Crippen LogP contribution in [-0.2, 0) is 4.79 Å². The van der Waals surface area contributed by atoms with E-state index in [-0.39, 0.29) is 12.6 Å². The molecule has 1 aliphatic heterocycles. The molecule has 7 heteroatoms. The molecule has 3 amide bonds. The number of hydrogen-bond acceptors (Lipinski definition) is 4. The Morgan fingerprint density at radius 3 is 3.00 bits per heavy atom. The number of amides is 3. The molecular weight excluding hydrogens is 200 g/mol. The molecule has 5 N–H and O–H groups in total. The van der Waals surface area contributed by atoms with Crippen LogP contribution >= 0.6 is 0 Å². The van der Waals surface area contributed by atoms with Gasteiger partial charge in [0.05, 0.1) is 0 Å². The van der Waals surface area contributed by atoms with Crippen LogP contribution in [0.4, 0.5) is 4.79 Å². The molecule has 15 heavy (non-hydrogen) atoms. The molecule has 1 fully saturated rings. The van der Waals surface area contributed by atoms with Gasteiger partial charge in [-0.15, -0.1) is 0 Å². The van der Waals surface area contributed by atoms with Crippen molar-refractivity contribution in [3.05, 3.63) is 0 Å². The zero-order valence-electron chi connectivity index (χ0n) is 8.40. The molecular formula is C8H16N4O3. The molecule has 1 saturated heterocycles. The standard InChI is InChI=1S/C8H16N4O3/c9-7(14)6(13)5-10-1-3-12-4-2-11-8(12)15/h6,10,13H,1-5H2,(H2,9,14)(H,11,15). The summed E-state index contributed by atoms with van der Waals surface area (Å²) in [5.74, 6) is -0.749. The summed E-state index contributed by atoms with van der Waals surface area (Å²) < 4.78 is 0. The highest BCUT2D eigenvalue weighted by atomic mass is 16.3. The Kier molecular flexibility index (Phi) is 4.32. The second kappa shape index (κ2) is 5.52. The zero-order chi connectivity index (χ0) is 11.3. The van der Waals surface area contributed by atoms with Crippen LogP contribution in [0, 0.1) is 0 Å². The lowest BCUT2D eigenvalue weighted by atomic mass is 10.3. The minimum absolute atomic E-state index is 0.0766. The summed E-state index contributed by atoms with van der Waals surface area (Å²) in [6, 6.07) is -0.0766. The summed E-state index contributed by atoms with van der Waals surface area (Å²) in [4.78, 5) is 23.2. The van der Waals surface area contributed by atoms with E-state index >= 15 is 0 Å². The van der Waals surface area contributed by atoms with E-state index < -0.39 is 12.0 Å². The van der Waals surface area contributed by atoms with Gasteiger partial charge in [0.2, 0.25) is 5.91 Å². The lowest BCUT2D eigenvalue weighted by Crippen LogP contribution is -2.41. The number of hydrogen-bond donors (Lipinski definition) is 4. The molecule has 86 valence electrons. The Morgan fingerprint density at radius 2 is 2.47 bits per heavy atom. The monoisotopic (exact) mass is 216 g/mol. The van der Waals surface area contributed by atoms with E-state index in [0.29, 0.717) is 26.2 Å². The van der Waals surface area contributed by atoms with Gasteiger partial charge in [-0.25, -0.2) is 4.79 Å². The molecule has 7 nitrogen and oxygen atoms in total.